The molecule has 0 N–H and O–H groups in total. The van der Waals surface area contributed by atoms with Gasteiger partial charge in [0.25, 0.3) is 0 Å². The van der Waals surface area contributed by atoms with Gasteiger partial charge in [0.2, 0.25) is 0 Å². The molecule has 1 fully saturated rings. The van der Waals surface area contributed by atoms with Crippen molar-refractivity contribution in [2.24, 2.45) is 0 Å². The van der Waals surface area contributed by atoms with Gasteiger partial charge in [-0.15, -0.1) is 0 Å². The van der Waals surface area contributed by atoms with Crippen LogP contribution in [-0.4, -0.2) is 24.5 Å². The summed E-state index contributed by atoms with van der Waals surface area (Å²) in [4.78, 5) is 2.60. The lowest BCUT2D eigenvalue weighted by molar-refractivity contribution is 0.230. The smallest absolute Gasteiger partial charge is 0.123 e. The molecular formula is C24H27NO. The fourth-order valence-corrected chi connectivity index (χ4v) is 3.90. The third-order valence-corrected chi connectivity index (χ3v) is 5.36. The van der Waals surface area contributed by atoms with Gasteiger partial charge in [-0.25, -0.2) is 0 Å². The molecule has 3 aromatic carbocycles. The number of hydrogen-bond acceptors (Lipinski definition) is 2. The van der Waals surface area contributed by atoms with Gasteiger partial charge in [-0.1, -0.05) is 67.1 Å². The van der Waals surface area contributed by atoms with E-state index in [9.17, 15) is 0 Å². The molecule has 4 rings (SSSR count). The highest BCUT2D eigenvalue weighted by Gasteiger charge is 2.14. The molecule has 0 aliphatic carbocycles. The monoisotopic (exact) mass is 345 g/mol. The summed E-state index contributed by atoms with van der Waals surface area (Å²) in [6.07, 6.45) is 5.11. The van der Waals surface area contributed by atoms with Crippen molar-refractivity contribution in [2.45, 2.75) is 32.3 Å². The molecule has 0 atom stereocenters. The second-order valence-corrected chi connectivity index (χ2v) is 7.19. The molecule has 0 saturated carbocycles. The SMILES string of the molecule is c1ccc(COc2ccc3ccccc3c2CCN2CCCCC2)cc1. The number of ether oxygens (including phenoxy) is 1. The van der Waals surface area contributed by atoms with Gasteiger partial charge in [-0.05, 0) is 54.8 Å². The van der Waals surface area contributed by atoms with E-state index < -0.39 is 0 Å². The molecule has 1 aliphatic heterocycles. The van der Waals surface area contributed by atoms with Crippen LogP contribution in [0, 0.1) is 0 Å². The van der Waals surface area contributed by atoms with Gasteiger partial charge in [-0.2, -0.15) is 0 Å². The Morgan fingerprint density at radius 1 is 0.769 bits per heavy atom. The zero-order valence-corrected chi connectivity index (χ0v) is 15.4. The minimum absolute atomic E-state index is 0.621. The number of piperidine rings is 1. The lowest BCUT2D eigenvalue weighted by atomic mass is 10.00. The predicted molar refractivity (Wildman–Crippen MR) is 109 cm³/mol. The van der Waals surface area contributed by atoms with Crippen LogP contribution in [0.1, 0.15) is 30.4 Å². The number of nitrogens with zero attached hydrogens (tertiary/aromatic N) is 1. The molecule has 0 spiro atoms. The van der Waals surface area contributed by atoms with Crippen molar-refractivity contribution in [1.82, 2.24) is 4.90 Å². The summed E-state index contributed by atoms with van der Waals surface area (Å²) in [5.74, 6) is 1.03. The van der Waals surface area contributed by atoms with E-state index in [2.05, 4.69) is 65.6 Å². The maximum absolute atomic E-state index is 6.25. The lowest BCUT2D eigenvalue weighted by Crippen LogP contribution is -2.31. The minimum Gasteiger partial charge on any atom is -0.489 e. The molecule has 1 saturated heterocycles. The average Bonchev–Trinajstić information content (AvgIpc) is 2.72. The largest absolute Gasteiger partial charge is 0.489 e. The maximum Gasteiger partial charge on any atom is 0.123 e. The van der Waals surface area contributed by atoms with Gasteiger partial charge < -0.3 is 9.64 Å². The van der Waals surface area contributed by atoms with Gasteiger partial charge in [0.05, 0.1) is 0 Å². The molecule has 0 unspecified atom stereocenters. The average molecular weight is 345 g/mol. The fourth-order valence-electron chi connectivity index (χ4n) is 3.90. The zero-order valence-electron chi connectivity index (χ0n) is 15.4. The molecule has 0 radical (unpaired) electrons. The number of fused-ring (bicyclic) bond motifs is 1. The number of rotatable bonds is 6. The highest BCUT2D eigenvalue weighted by atomic mass is 16.5. The Labute approximate surface area is 156 Å². The summed E-state index contributed by atoms with van der Waals surface area (Å²) in [7, 11) is 0. The first-order valence-electron chi connectivity index (χ1n) is 9.80. The van der Waals surface area contributed by atoms with E-state index in [4.69, 9.17) is 4.74 Å². The Morgan fingerprint density at radius 3 is 2.38 bits per heavy atom. The summed E-state index contributed by atoms with van der Waals surface area (Å²) in [6.45, 7) is 4.22. The Balaban J connectivity index is 1.56. The second-order valence-electron chi connectivity index (χ2n) is 7.19. The first kappa shape index (κ1) is 17.1. The summed E-state index contributed by atoms with van der Waals surface area (Å²) < 4.78 is 6.25. The van der Waals surface area contributed by atoms with Crippen molar-refractivity contribution < 1.29 is 4.74 Å². The maximum atomic E-state index is 6.25. The molecule has 26 heavy (non-hydrogen) atoms. The van der Waals surface area contributed by atoms with Gasteiger partial charge in [0, 0.05) is 12.1 Å². The third-order valence-electron chi connectivity index (χ3n) is 5.36. The standard InChI is InChI=1S/C24H27NO/c1-3-9-20(10-4-1)19-26-24-14-13-21-11-5-6-12-22(21)23(24)15-18-25-16-7-2-8-17-25/h1,3-6,9-14H,2,7-8,15-19H2. The summed E-state index contributed by atoms with van der Waals surface area (Å²) >= 11 is 0. The Hall–Kier alpha value is -2.32. The van der Waals surface area contributed by atoms with Crippen LogP contribution < -0.4 is 4.74 Å². The van der Waals surface area contributed by atoms with Crippen LogP contribution in [-0.2, 0) is 13.0 Å². The molecule has 1 heterocycles. The van der Waals surface area contributed by atoms with Gasteiger partial charge >= 0.3 is 0 Å². The Morgan fingerprint density at radius 2 is 1.54 bits per heavy atom. The van der Waals surface area contributed by atoms with Crippen LogP contribution in [0.5, 0.6) is 5.75 Å². The van der Waals surface area contributed by atoms with Crippen molar-refractivity contribution >= 4 is 10.8 Å². The molecule has 134 valence electrons. The first-order chi connectivity index (χ1) is 12.9. The highest BCUT2D eigenvalue weighted by molar-refractivity contribution is 5.87. The molecule has 1 aliphatic rings. The Kier molecular flexibility index (Phi) is 5.51. The second kappa shape index (κ2) is 8.37. The van der Waals surface area contributed by atoms with Crippen LogP contribution in [0.4, 0.5) is 0 Å². The zero-order chi connectivity index (χ0) is 17.6. The lowest BCUT2D eigenvalue weighted by Gasteiger charge is -2.27. The van der Waals surface area contributed by atoms with E-state index in [0.717, 1.165) is 18.7 Å². The number of likely N-dealkylation sites (tertiary alicyclic amines) is 1. The van der Waals surface area contributed by atoms with E-state index in [1.165, 1.54) is 54.3 Å². The van der Waals surface area contributed by atoms with Crippen LogP contribution >= 0.6 is 0 Å². The highest BCUT2D eigenvalue weighted by Crippen LogP contribution is 2.29. The van der Waals surface area contributed by atoms with Gasteiger partial charge in [0.15, 0.2) is 0 Å². The predicted octanol–water partition coefficient (Wildman–Crippen LogP) is 5.45. The van der Waals surface area contributed by atoms with E-state index in [-0.39, 0.29) is 0 Å². The van der Waals surface area contributed by atoms with Crippen molar-refractivity contribution in [1.29, 1.82) is 0 Å². The van der Waals surface area contributed by atoms with Crippen LogP contribution in [0.15, 0.2) is 66.7 Å². The molecule has 3 aromatic rings. The topological polar surface area (TPSA) is 12.5 Å². The van der Waals surface area contributed by atoms with E-state index in [1.807, 2.05) is 6.07 Å². The number of hydrogen-bond donors (Lipinski definition) is 0. The number of benzene rings is 3. The van der Waals surface area contributed by atoms with E-state index >= 15 is 0 Å². The third kappa shape index (κ3) is 4.08. The van der Waals surface area contributed by atoms with Crippen LogP contribution in [0.3, 0.4) is 0 Å². The first-order valence-corrected chi connectivity index (χ1v) is 9.80. The molecule has 0 amide bonds. The molecule has 2 nitrogen and oxygen atoms in total. The van der Waals surface area contributed by atoms with Gasteiger partial charge in [0.1, 0.15) is 12.4 Å². The summed E-state index contributed by atoms with van der Waals surface area (Å²) in [5, 5.41) is 2.63. The minimum atomic E-state index is 0.621. The summed E-state index contributed by atoms with van der Waals surface area (Å²) in [6, 6.07) is 23.4. The molecule has 2 heteroatoms. The fraction of sp³-hybridized carbons (Fsp3) is 0.333. The van der Waals surface area contributed by atoms with Crippen molar-refractivity contribution in [2.75, 3.05) is 19.6 Å². The normalized spacial score (nSPS) is 15.2. The quantitative estimate of drug-likeness (QED) is 0.589. The Bertz CT molecular complexity index is 837. The molecule has 0 bridgehead atoms. The molecule has 0 aromatic heterocycles. The van der Waals surface area contributed by atoms with Crippen molar-refractivity contribution in [3.63, 3.8) is 0 Å². The van der Waals surface area contributed by atoms with Crippen LogP contribution in [0.2, 0.25) is 0 Å². The van der Waals surface area contributed by atoms with Crippen LogP contribution in [0.25, 0.3) is 10.8 Å². The van der Waals surface area contributed by atoms with Crippen molar-refractivity contribution in [3.05, 3.63) is 77.9 Å². The van der Waals surface area contributed by atoms with Crippen molar-refractivity contribution in [3.8, 4) is 5.75 Å². The van der Waals surface area contributed by atoms with Gasteiger partial charge in [-0.3, -0.25) is 0 Å². The summed E-state index contributed by atoms with van der Waals surface area (Å²) in [5.41, 5.74) is 2.56. The van der Waals surface area contributed by atoms with E-state index in [0.29, 0.717) is 6.61 Å². The van der Waals surface area contributed by atoms with E-state index in [1.54, 1.807) is 0 Å². The molecular weight excluding hydrogens is 318 g/mol.